The van der Waals surface area contributed by atoms with E-state index in [0.29, 0.717) is 12.1 Å². The fourth-order valence-electron chi connectivity index (χ4n) is 6.30. The number of aryl methyl sites for hydroxylation is 1. The summed E-state index contributed by atoms with van der Waals surface area (Å²) in [4.78, 5) is 4.97. The van der Waals surface area contributed by atoms with E-state index >= 15 is 0 Å². The molecular formula is C22H28ClN3. The van der Waals surface area contributed by atoms with E-state index in [0.717, 1.165) is 52.2 Å². The van der Waals surface area contributed by atoms with E-state index in [1.165, 1.54) is 44.2 Å². The third-order valence-electron chi connectivity index (χ3n) is 6.91. The number of halogens is 1. The molecule has 0 radical (unpaired) electrons. The van der Waals surface area contributed by atoms with Gasteiger partial charge in [0.15, 0.2) is 0 Å². The van der Waals surface area contributed by atoms with Gasteiger partial charge in [0.25, 0.3) is 0 Å². The van der Waals surface area contributed by atoms with Gasteiger partial charge in [0.2, 0.25) is 0 Å². The summed E-state index contributed by atoms with van der Waals surface area (Å²) in [7, 11) is 0. The normalized spacial score (nSPS) is 32.3. The zero-order valence-corrected chi connectivity index (χ0v) is 16.1. The van der Waals surface area contributed by atoms with Gasteiger partial charge in [-0.15, -0.1) is 0 Å². The highest BCUT2D eigenvalue weighted by molar-refractivity contribution is 6.31. The van der Waals surface area contributed by atoms with Crippen molar-refractivity contribution < 1.29 is 0 Å². The van der Waals surface area contributed by atoms with Crippen LogP contribution in [0.5, 0.6) is 0 Å². The van der Waals surface area contributed by atoms with E-state index in [2.05, 4.69) is 17.4 Å². The molecule has 4 aliphatic rings. The lowest BCUT2D eigenvalue weighted by Crippen LogP contribution is -2.54. The second-order valence-electron chi connectivity index (χ2n) is 9.03. The number of benzene rings is 1. The van der Waals surface area contributed by atoms with Crippen LogP contribution in [0.4, 0.5) is 5.69 Å². The van der Waals surface area contributed by atoms with Gasteiger partial charge in [-0.2, -0.15) is 0 Å². The molecule has 138 valence electrons. The number of fused-ring (bicyclic) bond motifs is 1. The monoisotopic (exact) mass is 369 g/mol. The molecule has 26 heavy (non-hydrogen) atoms. The zero-order chi connectivity index (χ0) is 17.7. The van der Waals surface area contributed by atoms with Crippen LogP contribution in [-0.2, 0) is 6.42 Å². The Labute approximate surface area is 160 Å². The third kappa shape index (κ3) is 2.99. The van der Waals surface area contributed by atoms with Crippen LogP contribution in [0.3, 0.4) is 0 Å². The average molecular weight is 370 g/mol. The summed E-state index contributed by atoms with van der Waals surface area (Å²) < 4.78 is 0. The van der Waals surface area contributed by atoms with Crippen molar-refractivity contribution in [1.82, 2.24) is 4.98 Å². The summed E-state index contributed by atoms with van der Waals surface area (Å²) in [6, 6.07) is 8.31. The maximum atomic E-state index is 6.18. The fraction of sp³-hybridized carbons (Fsp3) is 0.591. The van der Waals surface area contributed by atoms with Crippen LogP contribution in [-0.4, -0.2) is 17.1 Å². The molecule has 4 fully saturated rings. The van der Waals surface area contributed by atoms with E-state index in [1.54, 1.807) is 0 Å². The first-order valence-corrected chi connectivity index (χ1v) is 10.6. The minimum absolute atomic E-state index is 0.300. The van der Waals surface area contributed by atoms with Crippen molar-refractivity contribution in [3.63, 3.8) is 0 Å². The van der Waals surface area contributed by atoms with E-state index < -0.39 is 0 Å². The number of pyridine rings is 1. The van der Waals surface area contributed by atoms with Crippen molar-refractivity contribution in [2.45, 2.75) is 56.9 Å². The van der Waals surface area contributed by atoms with Crippen molar-refractivity contribution >= 4 is 28.2 Å². The second kappa shape index (κ2) is 6.38. The molecule has 3 nitrogen and oxygen atoms in total. The third-order valence-corrected chi connectivity index (χ3v) is 7.15. The van der Waals surface area contributed by atoms with Gasteiger partial charge in [0, 0.05) is 15.9 Å². The topological polar surface area (TPSA) is 50.9 Å². The number of nitrogens with two attached hydrogens (primary N) is 1. The van der Waals surface area contributed by atoms with Gasteiger partial charge in [-0.25, -0.2) is 0 Å². The Bertz CT molecular complexity index is 796. The summed E-state index contributed by atoms with van der Waals surface area (Å²) in [5.74, 6) is 2.82. The number of rotatable bonds is 5. The zero-order valence-electron chi connectivity index (χ0n) is 15.3. The standard InChI is InChI=1S/C22H28ClN3/c23-18-4-3-17-9-21(19(2-1-5-24)25-20(17)10-18)26-22-11-14-6-15(12-22)8-16(7-14)13-22/h3-4,9-10,14-16,26H,1-2,5-8,11-13,24H2. The highest BCUT2D eigenvalue weighted by Crippen LogP contribution is 2.56. The molecule has 1 aromatic heterocycles. The Morgan fingerprint density at radius 3 is 2.42 bits per heavy atom. The summed E-state index contributed by atoms with van der Waals surface area (Å²) in [5.41, 5.74) is 9.45. The van der Waals surface area contributed by atoms with E-state index in [1.807, 2.05) is 12.1 Å². The number of anilines is 1. The molecule has 0 unspecified atom stereocenters. The number of nitrogens with one attached hydrogen (secondary N) is 1. The largest absolute Gasteiger partial charge is 0.378 e. The van der Waals surface area contributed by atoms with Crippen LogP contribution in [0.15, 0.2) is 24.3 Å². The minimum Gasteiger partial charge on any atom is -0.378 e. The molecule has 2 aromatic rings. The molecule has 0 aliphatic heterocycles. The molecule has 6 rings (SSSR count). The van der Waals surface area contributed by atoms with Crippen molar-refractivity contribution in [2.75, 3.05) is 11.9 Å². The molecule has 0 atom stereocenters. The lowest BCUT2D eigenvalue weighted by Gasteiger charge is -2.57. The molecule has 0 amide bonds. The fourth-order valence-corrected chi connectivity index (χ4v) is 6.46. The second-order valence-corrected chi connectivity index (χ2v) is 9.47. The maximum Gasteiger partial charge on any atom is 0.0721 e. The van der Waals surface area contributed by atoms with Crippen LogP contribution in [0.2, 0.25) is 5.02 Å². The number of hydrogen-bond donors (Lipinski definition) is 2. The molecule has 1 heterocycles. The van der Waals surface area contributed by atoms with E-state index in [-0.39, 0.29) is 0 Å². The smallest absolute Gasteiger partial charge is 0.0721 e. The molecular weight excluding hydrogens is 342 g/mol. The Morgan fingerprint density at radius 2 is 1.77 bits per heavy atom. The molecule has 1 aromatic carbocycles. The summed E-state index contributed by atoms with van der Waals surface area (Å²) >= 11 is 6.18. The van der Waals surface area contributed by atoms with Crippen LogP contribution in [0.1, 0.15) is 50.6 Å². The van der Waals surface area contributed by atoms with Crippen molar-refractivity contribution in [1.29, 1.82) is 0 Å². The molecule has 4 bridgehead atoms. The van der Waals surface area contributed by atoms with Gasteiger partial charge in [-0.1, -0.05) is 17.7 Å². The Balaban J connectivity index is 1.51. The Kier molecular flexibility index (Phi) is 4.13. The first kappa shape index (κ1) is 16.8. The van der Waals surface area contributed by atoms with Crippen LogP contribution >= 0.6 is 11.6 Å². The van der Waals surface area contributed by atoms with Crippen molar-refractivity contribution in [2.24, 2.45) is 23.5 Å². The molecule has 4 aliphatic carbocycles. The summed E-state index contributed by atoms with van der Waals surface area (Å²) in [6.45, 7) is 0.700. The van der Waals surface area contributed by atoms with Crippen molar-refractivity contribution in [3.8, 4) is 0 Å². The number of hydrogen-bond acceptors (Lipinski definition) is 3. The van der Waals surface area contributed by atoms with Crippen molar-refractivity contribution in [3.05, 3.63) is 35.0 Å². The molecule has 0 spiro atoms. The first-order chi connectivity index (χ1) is 12.6. The maximum absolute atomic E-state index is 6.18. The van der Waals surface area contributed by atoms with Gasteiger partial charge in [0.05, 0.1) is 16.9 Å². The quantitative estimate of drug-likeness (QED) is 0.765. The molecule has 4 heteroatoms. The summed E-state index contributed by atoms with van der Waals surface area (Å²) in [6.07, 6.45) is 10.3. The minimum atomic E-state index is 0.300. The molecule has 0 saturated heterocycles. The van der Waals surface area contributed by atoms with Gasteiger partial charge >= 0.3 is 0 Å². The highest BCUT2D eigenvalue weighted by atomic mass is 35.5. The Morgan fingerprint density at radius 1 is 1.08 bits per heavy atom. The number of nitrogens with zero attached hydrogens (tertiary/aromatic N) is 1. The predicted molar refractivity (Wildman–Crippen MR) is 109 cm³/mol. The van der Waals surface area contributed by atoms with Gasteiger partial charge in [0.1, 0.15) is 0 Å². The average Bonchev–Trinajstić information content (AvgIpc) is 2.58. The Hall–Kier alpha value is -1.32. The van der Waals surface area contributed by atoms with Gasteiger partial charge in [-0.05, 0) is 93.9 Å². The lowest BCUT2D eigenvalue weighted by molar-refractivity contribution is 0.0107. The van der Waals surface area contributed by atoms with Gasteiger partial charge in [-0.3, -0.25) is 4.98 Å². The number of aromatic nitrogens is 1. The molecule has 4 saturated carbocycles. The SMILES string of the molecule is NCCCc1nc2cc(Cl)ccc2cc1NC12CC3CC(CC(C3)C1)C2. The summed E-state index contributed by atoms with van der Waals surface area (Å²) in [5, 5.41) is 5.95. The van der Waals surface area contributed by atoms with Crippen LogP contribution < -0.4 is 11.1 Å². The van der Waals surface area contributed by atoms with E-state index in [9.17, 15) is 0 Å². The molecule has 3 N–H and O–H groups in total. The van der Waals surface area contributed by atoms with Crippen LogP contribution in [0.25, 0.3) is 10.9 Å². The lowest BCUT2D eigenvalue weighted by atomic mass is 9.53. The predicted octanol–water partition coefficient (Wildman–Crippen LogP) is 5.16. The van der Waals surface area contributed by atoms with Crippen LogP contribution in [0, 0.1) is 17.8 Å². The van der Waals surface area contributed by atoms with Gasteiger partial charge < -0.3 is 11.1 Å². The first-order valence-electron chi connectivity index (χ1n) is 10.2. The van der Waals surface area contributed by atoms with E-state index in [4.69, 9.17) is 22.3 Å². The highest BCUT2D eigenvalue weighted by Gasteiger charge is 2.51.